The zero-order chi connectivity index (χ0) is 27.6. The predicted octanol–water partition coefficient (Wildman–Crippen LogP) is 5.67. The highest BCUT2D eigenvalue weighted by Crippen LogP contribution is 2.40. The number of hydrogen-bond acceptors (Lipinski definition) is 7. The van der Waals surface area contributed by atoms with Crippen LogP contribution in [0.25, 0.3) is 11.3 Å². The van der Waals surface area contributed by atoms with E-state index in [4.69, 9.17) is 20.9 Å². The molecule has 8 nitrogen and oxygen atoms in total. The van der Waals surface area contributed by atoms with E-state index in [1.165, 1.54) is 29.2 Å². The van der Waals surface area contributed by atoms with Crippen LogP contribution in [0.15, 0.2) is 77.6 Å². The van der Waals surface area contributed by atoms with E-state index >= 15 is 0 Å². The molecule has 5 aromatic rings. The summed E-state index contributed by atoms with van der Waals surface area (Å²) in [4.78, 5) is 0. The Kier molecular flexibility index (Phi) is 7.36. The van der Waals surface area contributed by atoms with Crippen LogP contribution in [0.2, 0.25) is 5.02 Å². The van der Waals surface area contributed by atoms with Crippen molar-refractivity contribution in [3.8, 4) is 17.0 Å². The molecule has 0 saturated carbocycles. The first-order valence-corrected chi connectivity index (χ1v) is 12.1. The number of benzene rings is 3. The molecule has 0 aliphatic carbocycles. The summed E-state index contributed by atoms with van der Waals surface area (Å²) >= 11 is 5.81. The molecule has 3 aromatic carbocycles. The lowest BCUT2D eigenvalue weighted by atomic mass is 9.80. The molecule has 0 saturated heterocycles. The van der Waals surface area contributed by atoms with E-state index in [0.29, 0.717) is 28.6 Å². The van der Waals surface area contributed by atoms with Gasteiger partial charge < -0.3 is 14.4 Å². The first-order valence-electron chi connectivity index (χ1n) is 11.8. The van der Waals surface area contributed by atoms with Crippen molar-refractivity contribution < 1.29 is 27.5 Å². The fourth-order valence-corrected chi connectivity index (χ4v) is 4.38. The lowest BCUT2D eigenvalue weighted by Crippen LogP contribution is -2.38. The summed E-state index contributed by atoms with van der Waals surface area (Å²) < 4.78 is 54.3. The third kappa shape index (κ3) is 5.64. The van der Waals surface area contributed by atoms with Gasteiger partial charge in [0.15, 0.2) is 0 Å². The molecule has 12 heteroatoms. The smallest absolute Gasteiger partial charge is 0.143 e. The van der Waals surface area contributed by atoms with Gasteiger partial charge in [-0.25, -0.2) is 17.9 Å². The second-order valence-electron chi connectivity index (χ2n) is 8.95. The summed E-state index contributed by atoms with van der Waals surface area (Å²) in [5.74, 6) is -2.20. The molecule has 0 spiro atoms. The number of hydrogen-bond donors (Lipinski definition) is 1. The fraction of sp³-hybridized carbons (Fsp3) is 0.185. The Bertz CT molecular complexity index is 1580. The molecule has 1 N–H and O–H groups in total. The van der Waals surface area contributed by atoms with Crippen LogP contribution in [-0.2, 0) is 18.8 Å². The second kappa shape index (κ2) is 10.9. The molecule has 2 heterocycles. The average Bonchev–Trinajstić information content (AvgIpc) is 3.62. The number of halogens is 4. The second-order valence-corrected chi connectivity index (χ2v) is 9.36. The van der Waals surface area contributed by atoms with E-state index in [-0.39, 0.29) is 29.5 Å². The van der Waals surface area contributed by atoms with E-state index < -0.39 is 29.0 Å². The molecule has 0 radical (unpaired) electrons. The van der Waals surface area contributed by atoms with E-state index in [0.717, 1.165) is 6.07 Å². The molecule has 200 valence electrons. The van der Waals surface area contributed by atoms with Crippen LogP contribution in [-0.4, -0.2) is 30.5 Å². The van der Waals surface area contributed by atoms with Crippen molar-refractivity contribution in [1.82, 2.24) is 25.4 Å². The van der Waals surface area contributed by atoms with Crippen LogP contribution in [0.3, 0.4) is 0 Å². The van der Waals surface area contributed by atoms with Crippen LogP contribution in [0.4, 0.5) is 13.2 Å². The van der Waals surface area contributed by atoms with Crippen LogP contribution in [0, 0.1) is 17.5 Å². The zero-order valence-corrected chi connectivity index (χ0v) is 21.2. The molecule has 0 unspecified atom stereocenters. The molecular formula is C27H21ClF3N5O3. The normalized spacial score (nSPS) is 13.7. The Hall–Kier alpha value is -4.22. The van der Waals surface area contributed by atoms with Gasteiger partial charge >= 0.3 is 0 Å². The highest BCUT2D eigenvalue weighted by atomic mass is 35.5. The lowest BCUT2D eigenvalue weighted by molar-refractivity contribution is -0.0185. The van der Waals surface area contributed by atoms with Gasteiger partial charge in [0.1, 0.15) is 53.2 Å². The number of ether oxygens (including phenoxy) is 1. The maximum Gasteiger partial charge on any atom is 0.143 e. The van der Waals surface area contributed by atoms with E-state index in [9.17, 15) is 18.3 Å². The number of aromatic nitrogens is 5. The first-order chi connectivity index (χ1) is 18.7. The summed E-state index contributed by atoms with van der Waals surface area (Å²) in [7, 11) is 0. The highest BCUT2D eigenvalue weighted by molar-refractivity contribution is 6.30. The third-order valence-electron chi connectivity index (χ3n) is 6.40. The van der Waals surface area contributed by atoms with E-state index in [1.807, 2.05) is 0 Å². The minimum atomic E-state index is -1.91. The van der Waals surface area contributed by atoms with Gasteiger partial charge in [-0.3, -0.25) is 0 Å². The van der Waals surface area contributed by atoms with Crippen LogP contribution in [0.5, 0.6) is 5.75 Å². The van der Waals surface area contributed by atoms with Crippen molar-refractivity contribution in [1.29, 1.82) is 0 Å². The molecule has 5 rings (SSSR count). The quantitative estimate of drug-likeness (QED) is 0.250. The SMILES string of the molecule is C[C@@H](c1cc(-c2ccc(OCc3ccc(F)c(Cl)c3)cc2)no1)[C@](O)(Cn1cnnn1)c1ccc(F)cc1F. The molecule has 2 aromatic heterocycles. The van der Waals surface area contributed by atoms with E-state index in [2.05, 4.69) is 20.7 Å². The number of nitrogens with zero attached hydrogens (tertiary/aromatic N) is 5. The van der Waals surface area contributed by atoms with Crippen molar-refractivity contribution in [2.24, 2.45) is 0 Å². The minimum Gasteiger partial charge on any atom is -0.489 e. The minimum absolute atomic E-state index is 0.0227. The van der Waals surface area contributed by atoms with Gasteiger partial charge in [0.25, 0.3) is 0 Å². The number of rotatable bonds is 9. The largest absolute Gasteiger partial charge is 0.489 e. The van der Waals surface area contributed by atoms with Crippen molar-refractivity contribution >= 4 is 11.6 Å². The van der Waals surface area contributed by atoms with Crippen LogP contribution >= 0.6 is 11.6 Å². The lowest BCUT2D eigenvalue weighted by Gasteiger charge is -2.33. The maximum atomic E-state index is 14.8. The Morgan fingerprint density at radius 2 is 1.82 bits per heavy atom. The summed E-state index contributed by atoms with van der Waals surface area (Å²) in [5, 5.41) is 26.8. The maximum absolute atomic E-state index is 14.8. The average molecular weight is 556 g/mol. The van der Waals surface area contributed by atoms with Crippen molar-refractivity contribution in [3.05, 3.63) is 112 Å². The molecule has 39 heavy (non-hydrogen) atoms. The summed E-state index contributed by atoms with van der Waals surface area (Å²) in [6.45, 7) is 1.60. The Morgan fingerprint density at radius 3 is 2.51 bits per heavy atom. The standard InChI is InChI=1S/C27H21ClF3N5O3/c1-16(27(37,14-36-15-32-34-35-36)21-8-5-19(29)11-24(21)31)26-12-25(33-39-26)18-3-6-20(7-4-18)38-13-17-2-9-23(30)22(28)10-17/h2-12,15-16,37H,13-14H2,1H3/t16-,27+/m0/s1. The zero-order valence-electron chi connectivity index (χ0n) is 20.4. The highest BCUT2D eigenvalue weighted by Gasteiger charge is 2.42. The van der Waals surface area contributed by atoms with Crippen molar-refractivity contribution in [2.45, 2.75) is 31.6 Å². The molecule has 0 bridgehead atoms. The monoisotopic (exact) mass is 555 g/mol. The van der Waals surface area contributed by atoms with Gasteiger partial charge in [-0.05, 0) is 58.5 Å². The molecular weight excluding hydrogens is 535 g/mol. The molecule has 0 fully saturated rings. The van der Waals surface area contributed by atoms with E-state index in [1.54, 1.807) is 43.3 Å². The summed E-state index contributed by atoms with van der Waals surface area (Å²) in [6.07, 6.45) is 1.28. The Balaban J connectivity index is 1.35. The van der Waals surface area contributed by atoms with Gasteiger partial charge in [-0.1, -0.05) is 35.8 Å². The predicted molar refractivity (Wildman–Crippen MR) is 134 cm³/mol. The first kappa shape index (κ1) is 26.4. The summed E-state index contributed by atoms with van der Waals surface area (Å²) in [5.41, 5.74) is -0.171. The number of tetrazole rings is 1. The molecule has 0 amide bonds. The fourth-order valence-electron chi connectivity index (χ4n) is 4.18. The summed E-state index contributed by atoms with van der Waals surface area (Å²) in [6, 6.07) is 16.0. The van der Waals surface area contributed by atoms with Gasteiger partial charge in [-0.2, -0.15) is 0 Å². The Labute approximate surface area is 225 Å². The van der Waals surface area contributed by atoms with Gasteiger partial charge in [0, 0.05) is 23.3 Å². The van der Waals surface area contributed by atoms with Gasteiger partial charge in [0.2, 0.25) is 0 Å². The van der Waals surface area contributed by atoms with Gasteiger partial charge in [-0.15, -0.1) is 5.10 Å². The third-order valence-corrected chi connectivity index (χ3v) is 6.69. The molecule has 2 atom stereocenters. The topological polar surface area (TPSA) is 99.1 Å². The molecule has 0 aliphatic rings. The Morgan fingerprint density at radius 1 is 1.03 bits per heavy atom. The van der Waals surface area contributed by atoms with Gasteiger partial charge in [0.05, 0.1) is 17.5 Å². The van der Waals surface area contributed by atoms with Crippen molar-refractivity contribution in [3.63, 3.8) is 0 Å². The molecule has 0 aliphatic heterocycles. The van der Waals surface area contributed by atoms with Crippen molar-refractivity contribution in [2.75, 3.05) is 0 Å². The van der Waals surface area contributed by atoms with Crippen LogP contribution < -0.4 is 4.74 Å². The number of aliphatic hydroxyl groups is 1. The van der Waals surface area contributed by atoms with Crippen LogP contribution in [0.1, 0.15) is 29.7 Å².